The van der Waals surface area contributed by atoms with E-state index < -0.39 is 9.85 Å². The SMILES string of the molecule is Cl.Cl.O=C(Cc1ccc(Nc2ccc([N+](=O)[O-])cc2[N+](=O)[O-])cc1)CN1CCN(Cc2ccccc2)CC1. The molecule has 0 radical (unpaired) electrons. The highest BCUT2D eigenvalue weighted by Gasteiger charge is 2.21. The monoisotopic (exact) mass is 561 g/mol. The summed E-state index contributed by atoms with van der Waals surface area (Å²) in [6, 6.07) is 20.9. The number of anilines is 2. The minimum Gasteiger partial charge on any atom is -0.350 e. The van der Waals surface area contributed by atoms with Crippen LogP contribution in [0.4, 0.5) is 22.7 Å². The summed E-state index contributed by atoms with van der Waals surface area (Å²) in [7, 11) is 0. The number of piperazine rings is 1. The van der Waals surface area contributed by atoms with E-state index in [4.69, 9.17) is 0 Å². The maximum Gasteiger partial charge on any atom is 0.299 e. The second-order valence-corrected chi connectivity index (χ2v) is 8.79. The quantitative estimate of drug-likeness (QED) is 0.270. The molecule has 0 aromatic heterocycles. The van der Waals surface area contributed by atoms with Crippen molar-refractivity contribution in [1.29, 1.82) is 0 Å². The van der Waals surface area contributed by atoms with E-state index in [1.165, 1.54) is 17.7 Å². The number of rotatable bonds is 10. The van der Waals surface area contributed by atoms with Crippen molar-refractivity contribution in [3.63, 3.8) is 0 Å². The van der Waals surface area contributed by atoms with Crippen LogP contribution in [-0.2, 0) is 17.8 Å². The molecule has 0 bridgehead atoms. The number of carbonyl (C=O) groups is 1. The van der Waals surface area contributed by atoms with Gasteiger partial charge in [0.25, 0.3) is 11.4 Å². The van der Waals surface area contributed by atoms with Crippen LogP contribution in [-0.4, -0.2) is 58.2 Å². The molecule has 0 aliphatic carbocycles. The van der Waals surface area contributed by atoms with Gasteiger partial charge in [-0.15, -0.1) is 24.8 Å². The molecule has 1 aliphatic rings. The van der Waals surface area contributed by atoms with E-state index in [1.807, 2.05) is 18.2 Å². The Balaban J connectivity index is 0.00000253. The van der Waals surface area contributed by atoms with E-state index in [1.54, 1.807) is 24.3 Å². The molecule has 202 valence electrons. The average molecular weight is 562 g/mol. The maximum atomic E-state index is 12.6. The van der Waals surface area contributed by atoms with Crippen LogP contribution in [0.25, 0.3) is 0 Å². The van der Waals surface area contributed by atoms with Gasteiger partial charge in [-0.2, -0.15) is 0 Å². The van der Waals surface area contributed by atoms with E-state index >= 15 is 0 Å². The average Bonchev–Trinajstić information content (AvgIpc) is 2.87. The number of carbonyl (C=O) groups excluding carboxylic acids is 1. The Morgan fingerprint density at radius 1 is 0.789 bits per heavy atom. The zero-order chi connectivity index (χ0) is 25.5. The van der Waals surface area contributed by atoms with Crippen molar-refractivity contribution >= 4 is 53.3 Å². The summed E-state index contributed by atoms with van der Waals surface area (Å²) in [5, 5.41) is 25.2. The highest BCUT2D eigenvalue weighted by molar-refractivity contribution is 5.85. The third kappa shape index (κ3) is 8.49. The Morgan fingerprint density at radius 2 is 1.42 bits per heavy atom. The Bertz CT molecular complexity index is 1240. The Kier molecular flexibility index (Phi) is 11.6. The van der Waals surface area contributed by atoms with E-state index in [2.05, 4.69) is 27.2 Å². The fourth-order valence-electron chi connectivity index (χ4n) is 4.23. The van der Waals surface area contributed by atoms with Crippen molar-refractivity contribution in [1.82, 2.24) is 9.80 Å². The largest absolute Gasteiger partial charge is 0.350 e. The highest BCUT2D eigenvalue weighted by Crippen LogP contribution is 2.31. The number of nitro groups is 2. The van der Waals surface area contributed by atoms with Crippen molar-refractivity contribution < 1.29 is 14.6 Å². The summed E-state index contributed by atoms with van der Waals surface area (Å²) in [6.07, 6.45) is 0.308. The molecule has 0 amide bonds. The molecular weight excluding hydrogens is 533 g/mol. The summed E-state index contributed by atoms with van der Waals surface area (Å²) in [6.45, 7) is 4.90. The third-order valence-electron chi connectivity index (χ3n) is 6.14. The molecule has 12 heteroatoms. The van der Waals surface area contributed by atoms with E-state index in [-0.39, 0.29) is 47.7 Å². The molecule has 0 saturated carbocycles. The van der Waals surface area contributed by atoms with Crippen LogP contribution in [0.2, 0.25) is 0 Å². The number of Topliss-reactive ketones (excluding diaryl/α,β-unsaturated/α-hetero) is 1. The van der Waals surface area contributed by atoms with E-state index in [9.17, 15) is 25.0 Å². The van der Waals surface area contributed by atoms with Gasteiger partial charge in [0.15, 0.2) is 5.78 Å². The zero-order valence-electron chi connectivity index (χ0n) is 20.5. The Morgan fingerprint density at radius 3 is 2.03 bits per heavy atom. The van der Waals surface area contributed by atoms with Crippen LogP contribution >= 0.6 is 24.8 Å². The molecule has 1 fully saturated rings. The van der Waals surface area contributed by atoms with Gasteiger partial charge in [-0.05, 0) is 29.3 Å². The van der Waals surface area contributed by atoms with Crippen LogP contribution in [0, 0.1) is 20.2 Å². The minimum absolute atomic E-state index is 0. The van der Waals surface area contributed by atoms with Crippen molar-refractivity contribution in [3.8, 4) is 0 Å². The van der Waals surface area contributed by atoms with Crippen LogP contribution < -0.4 is 5.32 Å². The normalized spacial score (nSPS) is 13.6. The number of non-ortho nitro benzene ring substituents is 1. The first-order valence-corrected chi connectivity index (χ1v) is 11.7. The molecule has 0 spiro atoms. The molecule has 1 heterocycles. The molecule has 38 heavy (non-hydrogen) atoms. The molecule has 0 unspecified atom stereocenters. The highest BCUT2D eigenvalue weighted by atomic mass is 35.5. The summed E-state index contributed by atoms with van der Waals surface area (Å²) in [4.78, 5) is 38.1. The van der Waals surface area contributed by atoms with Crippen molar-refractivity contribution in [2.45, 2.75) is 13.0 Å². The summed E-state index contributed by atoms with van der Waals surface area (Å²) >= 11 is 0. The van der Waals surface area contributed by atoms with Gasteiger partial charge in [-0.3, -0.25) is 34.8 Å². The molecule has 1 saturated heterocycles. The van der Waals surface area contributed by atoms with Gasteiger partial charge in [0, 0.05) is 50.9 Å². The predicted molar refractivity (Wildman–Crippen MR) is 151 cm³/mol. The molecular formula is C26H29Cl2N5O5. The number of nitrogens with one attached hydrogen (secondary N) is 1. The van der Waals surface area contributed by atoms with E-state index in [0.717, 1.165) is 44.4 Å². The first-order chi connectivity index (χ1) is 17.4. The van der Waals surface area contributed by atoms with Gasteiger partial charge in [-0.25, -0.2) is 0 Å². The van der Waals surface area contributed by atoms with Crippen LogP contribution in [0.5, 0.6) is 0 Å². The first kappa shape index (κ1) is 30.7. The summed E-state index contributed by atoms with van der Waals surface area (Å²) in [5.74, 6) is 0.137. The van der Waals surface area contributed by atoms with Gasteiger partial charge in [0.05, 0.1) is 22.5 Å². The maximum absolute atomic E-state index is 12.6. The Labute approximate surface area is 232 Å². The number of benzene rings is 3. The molecule has 1 N–H and O–H groups in total. The topological polar surface area (TPSA) is 122 Å². The number of hydrogen-bond donors (Lipinski definition) is 1. The second kappa shape index (κ2) is 14.4. The lowest BCUT2D eigenvalue weighted by Gasteiger charge is -2.34. The second-order valence-electron chi connectivity index (χ2n) is 8.79. The zero-order valence-corrected chi connectivity index (χ0v) is 22.2. The van der Waals surface area contributed by atoms with Crippen LogP contribution in [0.15, 0.2) is 72.8 Å². The van der Waals surface area contributed by atoms with Gasteiger partial charge in [0.2, 0.25) is 0 Å². The molecule has 0 atom stereocenters. The minimum atomic E-state index is -0.673. The lowest BCUT2D eigenvalue weighted by molar-refractivity contribution is -0.393. The number of hydrogen-bond acceptors (Lipinski definition) is 8. The van der Waals surface area contributed by atoms with E-state index in [0.29, 0.717) is 18.7 Å². The van der Waals surface area contributed by atoms with Crippen molar-refractivity contribution in [2.24, 2.45) is 0 Å². The molecule has 10 nitrogen and oxygen atoms in total. The summed E-state index contributed by atoms with van der Waals surface area (Å²) < 4.78 is 0. The third-order valence-corrected chi connectivity index (χ3v) is 6.14. The Hall–Kier alpha value is -3.57. The van der Waals surface area contributed by atoms with Crippen LogP contribution in [0.3, 0.4) is 0 Å². The van der Waals surface area contributed by atoms with Gasteiger partial charge >= 0.3 is 0 Å². The van der Waals surface area contributed by atoms with Crippen LogP contribution in [0.1, 0.15) is 11.1 Å². The fraction of sp³-hybridized carbons (Fsp3) is 0.269. The number of halogens is 2. The standard InChI is InChI=1S/C26H27N5O5.2ClH/c32-24(19-29-14-12-28(13-15-29)18-21-4-2-1-3-5-21)16-20-6-8-22(9-7-20)27-25-11-10-23(30(33)34)17-26(25)31(35)36;;/h1-11,17,27H,12-16,18-19H2;2*1H. The van der Waals surface area contributed by atoms with Gasteiger partial charge < -0.3 is 5.32 Å². The number of nitro benzene ring substituents is 2. The number of ketones is 1. The van der Waals surface area contributed by atoms with Crippen molar-refractivity contribution in [3.05, 3.63) is 104 Å². The lowest BCUT2D eigenvalue weighted by atomic mass is 10.1. The molecule has 1 aliphatic heterocycles. The van der Waals surface area contributed by atoms with Crippen molar-refractivity contribution in [2.75, 3.05) is 38.0 Å². The smallest absolute Gasteiger partial charge is 0.299 e. The van der Waals surface area contributed by atoms with Gasteiger partial charge in [0.1, 0.15) is 5.69 Å². The lowest BCUT2D eigenvalue weighted by Crippen LogP contribution is -2.47. The predicted octanol–water partition coefficient (Wildman–Crippen LogP) is 5.02. The number of nitrogens with zero attached hydrogens (tertiary/aromatic N) is 4. The first-order valence-electron chi connectivity index (χ1n) is 11.7. The molecule has 3 aromatic rings. The molecule has 4 rings (SSSR count). The fourth-order valence-corrected chi connectivity index (χ4v) is 4.23. The van der Waals surface area contributed by atoms with Gasteiger partial charge in [-0.1, -0.05) is 42.5 Å². The summed E-state index contributed by atoms with van der Waals surface area (Å²) in [5.41, 5.74) is 2.15. The molecule has 3 aromatic carbocycles.